The Morgan fingerprint density at radius 3 is 2.18 bits per heavy atom. The Labute approximate surface area is 219 Å². The standard InChI is InChI=1S/C10H5F3O2.C2H6N.CHS.2K/c11-10(12,13)15-9-6-2-1-4-8(9)5-3-7-14;1-2-3;1-2;;/h1-4,6H;1-3H2;1H;;/q-2;2*-1;2*+1. The number of ether oxygens (including phenoxy) is 1. The summed E-state index contributed by atoms with van der Waals surface area (Å²) in [6, 6.07) is 5.37. The van der Waals surface area contributed by atoms with Crippen LogP contribution in [-0.4, -0.2) is 25.1 Å². The van der Waals surface area contributed by atoms with Crippen LogP contribution in [0.2, 0.25) is 0 Å². The fourth-order valence-corrected chi connectivity index (χ4v) is 0.907. The van der Waals surface area contributed by atoms with Crippen LogP contribution in [0, 0.1) is 13.0 Å². The van der Waals surface area contributed by atoms with E-state index in [1.807, 2.05) is 0 Å². The first-order valence-electron chi connectivity index (χ1n) is 4.98. The third-order valence-electron chi connectivity index (χ3n) is 1.40. The van der Waals surface area contributed by atoms with Gasteiger partial charge in [0.25, 0.3) is 0 Å². The summed E-state index contributed by atoms with van der Waals surface area (Å²) in [4.78, 5) is 9.87. The molecule has 0 aliphatic carbocycles. The van der Waals surface area contributed by atoms with E-state index in [0.29, 0.717) is 6.54 Å². The second-order valence-corrected chi connectivity index (χ2v) is 2.74. The van der Waals surface area contributed by atoms with Gasteiger partial charge in [0.15, 0.2) is 0 Å². The van der Waals surface area contributed by atoms with Gasteiger partial charge in [0.05, 0.1) is 0 Å². The predicted molar refractivity (Wildman–Crippen MR) is 73.8 cm³/mol. The Kier molecular flexibility index (Phi) is 29.3. The maximum atomic E-state index is 11.9. The number of nitrogens with two attached hydrogens (primary N) is 1. The number of alkyl halides is 3. The largest absolute Gasteiger partial charge is 1.00 e. The molecular formula is C13H12F3K2NO2S-2. The van der Waals surface area contributed by atoms with Gasteiger partial charge < -0.3 is 52.4 Å². The van der Waals surface area contributed by atoms with Crippen molar-refractivity contribution in [2.75, 3.05) is 6.54 Å². The molecule has 0 aliphatic rings. The minimum atomic E-state index is -4.76. The summed E-state index contributed by atoms with van der Waals surface area (Å²) in [5.41, 5.74) is 4.78. The van der Waals surface area contributed by atoms with E-state index >= 15 is 0 Å². The third-order valence-corrected chi connectivity index (χ3v) is 1.40. The van der Waals surface area contributed by atoms with Gasteiger partial charge >= 0.3 is 109 Å². The number of rotatable bonds is 3. The number of allylic oxidation sites excluding steroid dienone is 1. The molecule has 0 saturated carbocycles. The van der Waals surface area contributed by atoms with E-state index in [4.69, 9.17) is 5.73 Å². The van der Waals surface area contributed by atoms with Gasteiger partial charge in [-0.2, -0.15) is 5.56 Å². The zero-order valence-electron chi connectivity index (χ0n) is 12.3. The van der Waals surface area contributed by atoms with Crippen molar-refractivity contribution in [3.05, 3.63) is 48.9 Å². The normalized spacial score (nSPS) is 8.95. The minimum Gasteiger partial charge on any atom is -0.540 e. The van der Waals surface area contributed by atoms with Gasteiger partial charge in [-0.3, -0.25) is 6.29 Å². The summed E-state index contributed by atoms with van der Waals surface area (Å²) in [7, 11) is 0. The molecule has 3 nitrogen and oxygen atoms in total. The molecule has 0 heterocycles. The first-order chi connectivity index (χ1) is 9.44. The summed E-state index contributed by atoms with van der Waals surface area (Å²) in [6.07, 6.45) is -0.220. The van der Waals surface area contributed by atoms with Crippen LogP contribution in [-0.2, 0) is 4.79 Å². The molecule has 0 fully saturated rings. The van der Waals surface area contributed by atoms with Crippen LogP contribution in [0.3, 0.4) is 0 Å². The quantitative estimate of drug-likeness (QED) is 0.258. The Bertz CT molecular complexity index is 419. The van der Waals surface area contributed by atoms with Crippen LogP contribution in [0.25, 0.3) is 0 Å². The molecule has 0 aromatic heterocycles. The molecule has 22 heavy (non-hydrogen) atoms. The Balaban J connectivity index is -0.000000207. The molecule has 1 aromatic rings. The maximum absolute atomic E-state index is 11.9. The number of carbonyl (C=O) groups excluding carboxylic acids is 1. The van der Waals surface area contributed by atoms with Crippen LogP contribution in [0.5, 0.6) is 5.75 Å². The molecule has 9 heteroatoms. The van der Waals surface area contributed by atoms with Crippen molar-refractivity contribution in [3.8, 4) is 5.75 Å². The minimum absolute atomic E-state index is 0. The molecule has 0 bridgehead atoms. The molecular weight excluding hydrogens is 369 g/mol. The molecule has 0 atom stereocenters. The molecule has 0 saturated heterocycles. The van der Waals surface area contributed by atoms with Crippen molar-refractivity contribution in [2.24, 2.45) is 5.73 Å². The van der Waals surface area contributed by atoms with E-state index < -0.39 is 12.1 Å². The molecule has 0 spiro atoms. The predicted octanol–water partition coefficient (Wildman–Crippen LogP) is -3.32. The molecule has 1 aromatic carbocycles. The van der Waals surface area contributed by atoms with Crippen molar-refractivity contribution in [3.63, 3.8) is 0 Å². The average molecular weight is 382 g/mol. The fourth-order valence-electron chi connectivity index (χ4n) is 0.907. The monoisotopic (exact) mass is 381 g/mol. The molecule has 112 valence electrons. The Morgan fingerprint density at radius 2 is 1.77 bits per heavy atom. The summed E-state index contributed by atoms with van der Waals surface area (Å²) in [5, 5.41) is 0. The number of hydrogen-bond acceptors (Lipinski definition) is 4. The molecule has 0 unspecified atom stereocenters. The van der Waals surface area contributed by atoms with Gasteiger partial charge in [-0.05, 0) is 6.07 Å². The van der Waals surface area contributed by atoms with Crippen LogP contribution >= 0.6 is 12.2 Å². The third kappa shape index (κ3) is 19.6. The van der Waals surface area contributed by atoms with Crippen molar-refractivity contribution in [2.45, 2.75) is 6.36 Å². The second-order valence-electron chi connectivity index (χ2n) is 2.74. The topological polar surface area (TPSA) is 52.3 Å². The SMILES string of the molecule is O=[C-]C=[C-]c1ccccc1OC(F)(F)F.[CH-]=S.[CH2-]CN.[K+].[K+]. The Morgan fingerprint density at radius 1 is 1.32 bits per heavy atom. The van der Waals surface area contributed by atoms with Gasteiger partial charge in [-0.15, -0.1) is 19.7 Å². The maximum Gasteiger partial charge on any atom is 1.00 e. The van der Waals surface area contributed by atoms with Crippen molar-refractivity contribution in [1.82, 2.24) is 0 Å². The summed E-state index contributed by atoms with van der Waals surface area (Å²) >= 11 is 3.58. The van der Waals surface area contributed by atoms with Gasteiger partial charge in [-0.25, -0.2) is 0 Å². The first-order valence-corrected chi connectivity index (χ1v) is 5.45. The van der Waals surface area contributed by atoms with Crippen LogP contribution < -0.4 is 113 Å². The van der Waals surface area contributed by atoms with Crippen molar-refractivity contribution in [1.29, 1.82) is 0 Å². The molecule has 1 rings (SSSR count). The van der Waals surface area contributed by atoms with E-state index in [2.05, 4.69) is 35.8 Å². The van der Waals surface area contributed by atoms with Crippen LogP contribution in [0.1, 0.15) is 5.56 Å². The number of hydrogen-bond donors (Lipinski definition) is 1. The second kappa shape index (κ2) is 20.6. The number of benzene rings is 1. The van der Waals surface area contributed by atoms with Crippen LogP contribution in [0.4, 0.5) is 13.2 Å². The van der Waals surface area contributed by atoms with Crippen LogP contribution in [0.15, 0.2) is 30.3 Å². The molecule has 2 N–H and O–H groups in total. The fraction of sp³-hybridized carbons (Fsp3) is 0.154. The van der Waals surface area contributed by atoms with Gasteiger partial charge in [0.1, 0.15) is 5.75 Å². The number of halogens is 3. The van der Waals surface area contributed by atoms with Gasteiger partial charge in [0, 0.05) is 0 Å². The van der Waals surface area contributed by atoms with E-state index in [0.717, 1.165) is 12.1 Å². The van der Waals surface area contributed by atoms with E-state index in [9.17, 15) is 18.0 Å². The summed E-state index contributed by atoms with van der Waals surface area (Å²) in [5.74, 6) is 3.68. The molecule has 0 aliphatic heterocycles. The number of thiocarbonyl (C=S) groups is 1. The summed E-state index contributed by atoms with van der Waals surface area (Å²) < 4.78 is 39.4. The summed E-state index contributed by atoms with van der Waals surface area (Å²) in [6.45, 7) is 3.76. The average Bonchev–Trinajstić information content (AvgIpc) is 2.39. The molecule has 0 radical (unpaired) electrons. The molecule has 0 amide bonds. The Hall–Kier alpha value is 1.54. The smallest absolute Gasteiger partial charge is 0.540 e. The van der Waals surface area contributed by atoms with E-state index in [1.165, 1.54) is 24.5 Å². The first kappa shape index (κ1) is 31.3. The van der Waals surface area contributed by atoms with Gasteiger partial charge in [0.2, 0.25) is 0 Å². The van der Waals surface area contributed by atoms with E-state index in [1.54, 1.807) is 0 Å². The van der Waals surface area contributed by atoms with E-state index in [-0.39, 0.29) is 108 Å². The van der Waals surface area contributed by atoms with Crippen molar-refractivity contribution >= 4 is 24.4 Å². The number of para-hydroxylation sites is 1. The zero-order valence-corrected chi connectivity index (χ0v) is 19.4. The van der Waals surface area contributed by atoms with Crippen molar-refractivity contribution < 1.29 is 125 Å². The van der Waals surface area contributed by atoms with Gasteiger partial charge in [-0.1, -0.05) is 18.2 Å². The zero-order chi connectivity index (χ0) is 16.0.